The molecule has 0 atom stereocenters. The van der Waals surface area contributed by atoms with Crippen molar-refractivity contribution in [2.75, 3.05) is 84.4 Å². The van der Waals surface area contributed by atoms with E-state index in [1.165, 1.54) is 24.0 Å². The molecular formula is C60H80N14O3. The van der Waals surface area contributed by atoms with Crippen LogP contribution in [-0.4, -0.2) is 120 Å². The van der Waals surface area contributed by atoms with Gasteiger partial charge in [-0.15, -0.1) is 0 Å². The fourth-order valence-electron chi connectivity index (χ4n) is 11.3. The molecule has 0 unspecified atom stereocenters. The molecule has 2 aliphatic heterocycles. The van der Waals surface area contributed by atoms with Gasteiger partial charge in [0, 0.05) is 67.9 Å². The topological polar surface area (TPSA) is 160 Å². The number of carbonyl (C=O) groups is 1. The number of esters is 1. The van der Waals surface area contributed by atoms with Crippen molar-refractivity contribution in [2.45, 2.75) is 143 Å². The molecular weight excluding hydrogens is 965 g/mol. The van der Waals surface area contributed by atoms with E-state index < -0.39 is 0 Å². The average Bonchev–Trinajstić information content (AvgIpc) is 4.24. The normalized spacial score (nSPS) is 17.4. The number of ether oxygens (including phenoxy) is 2. The number of aromatic nitrogens is 8. The number of imidazole rings is 2. The average molecular weight is 1050 g/mol. The van der Waals surface area contributed by atoms with Crippen LogP contribution >= 0.6 is 0 Å². The summed E-state index contributed by atoms with van der Waals surface area (Å²) < 4.78 is 16.1. The van der Waals surface area contributed by atoms with Gasteiger partial charge in [0.1, 0.15) is 23.4 Å². The largest absolute Gasteiger partial charge is 0.492 e. The lowest BCUT2D eigenvalue weighted by atomic mass is 9.86. The molecule has 1 saturated carbocycles. The van der Waals surface area contributed by atoms with Crippen molar-refractivity contribution in [3.05, 3.63) is 96.1 Å². The Kier molecular flexibility index (Phi) is 14.6. The highest BCUT2D eigenvalue weighted by Crippen LogP contribution is 2.38. The Morgan fingerprint density at radius 3 is 2.01 bits per heavy atom. The molecule has 408 valence electrons. The van der Waals surface area contributed by atoms with Crippen LogP contribution in [-0.2, 0) is 26.9 Å². The third-order valence-corrected chi connectivity index (χ3v) is 15.9. The number of nitrogens with one attached hydrogen (secondary N) is 2. The van der Waals surface area contributed by atoms with E-state index in [-0.39, 0.29) is 34.4 Å². The molecule has 6 heterocycles. The molecule has 17 heteroatoms. The predicted molar refractivity (Wildman–Crippen MR) is 310 cm³/mol. The summed E-state index contributed by atoms with van der Waals surface area (Å²) in [6, 6.07) is 24.1. The molecule has 3 aromatic carbocycles. The Labute approximate surface area is 454 Å². The van der Waals surface area contributed by atoms with Gasteiger partial charge < -0.3 is 43.9 Å². The second-order valence-corrected chi connectivity index (χ2v) is 24.7. The summed E-state index contributed by atoms with van der Waals surface area (Å²) in [4.78, 5) is 52.2. The van der Waals surface area contributed by atoms with Crippen LogP contribution in [0.5, 0.6) is 5.75 Å². The predicted octanol–water partition coefficient (Wildman–Crippen LogP) is 11.1. The lowest BCUT2D eigenvalue weighted by Gasteiger charge is -2.48. The van der Waals surface area contributed by atoms with E-state index in [4.69, 9.17) is 39.4 Å². The Morgan fingerprint density at radius 1 is 0.714 bits per heavy atom. The first kappa shape index (κ1) is 53.4. The van der Waals surface area contributed by atoms with Gasteiger partial charge in [0.05, 0.1) is 37.9 Å². The fourth-order valence-corrected chi connectivity index (χ4v) is 11.3. The lowest BCUT2D eigenvalue weighted by molar-refractivity contribution is -0.146. The van der Waals surface area contributed by atoms with E-state index in [0.717, 1.165) is 83.3 Å². The summed E-state index contributed by atoms with van der Waals surface area (Å²) in [5.41, 5.74) is 9.23. The van der Waals surface area contributed by atoms with Crippen LogP contribution in [0.15, 0.2) is 79.4 Å². The van der Waals surface area contributed by atoms with Crippen LogP contribution in [0.2, 0.25) is 0 Å². The molecule has 4 aromatic heterocycles. The second-order valence-electron chi connectivity index (χ2n) is 24.7. The molecule has 17 nitrogen and oxygen atoms in total. The first-order chi connectivity index (χ1) is 36.6. The molecule has 0 amide bonds. The van der Waals surface area contributed by atoms with E-state index in [1.807, 2.05) is 19.6 Å². The minimum absolute atomic E-state index is 0.0169. The molecule has 0 bridgehead atoms. The van der Waals surface area contributed by atoms with Gasteiger partial charge in [0.25, 0.3) is 0 Å². The van der Waals surface area contributed by atoms with Crippen LogP contribution in [0.1, 0.15) is 125 Å². The Hall–Kier alpha value is -7.01. The zero-order valence-corrected chi connectivity index (χ0v) is 47.6. The summed E-state index contributed by atoms with van der Waals surface area (Å²) in [5.74, 6) is 3.34. The molecule has 3 aliphatic rings. The van der Waals surface area contributed by atoms with E-state index in [9.17, 15) is 4.79 Å². The highest BCUT2D eigenvalue weighted by Gasteiger charge is 2.38. The number of fused-ring (bicyclic) bond motifs is 2. The van der Waals surface area contributed by atoms with Gasteiger partial charge in [-0.3, -0.25) is 9.69 Å². The Bertz CT molecular complexity index is 3230. The highest BCUT2D eigenvalue weighted by molar-refractivity contribution is 5.88. The third-order valence-electron chi connectivity index (χ3n) is 15.9. The fraction of sp³-hybridized carbons (Fsp3) is 0.517. The number of hydrogen-bond donors (Lipinski definition) is 2. The number of hydrogen-bond acceptors (Lipinski definition) is 15. The number of rotatable bonds is 15. The summed E-state index contributed by atoms with van der Waals surface area (Å²) >= 11 is 0. The van der Waals surface area contributed by atoms with Crippen molar-refractivity contribution in [3.8, 4) is 5.75 Å². The van der Waals surface area contributed by atoms with Crippen LogP contribution < -0.4 is 30.1 Å². The molecule has 3 fully saturated rings. The molecule has 0 spiro atoms. The number of benzene rings is 3. The van der Waals surface area contributed by atoms with Gasteiger partial charge in [0.15, 0.2) is 22.9 Å². The zero-order chi connectivity index (χ0) is 54.4. The van der Waals surface area contributed by atoms with E-state index in [0.29, 0.717) is 68.8 Å². The molecule has 0 radical (unpaired) electrons. The number of aryl methyl sites for hydroxylation is 1. The maximum absolute atomic E-state index is 12.5. The van der Waals surface area contributed by atoms with Crippen LogP contribution in [0.3, 0.4) is 0 Å². The first-order valence-corrected chi connectivity index (χ1v) is 27.8. The Balaban J connectivity index is 0.840. The van der Waals surface area contributed by atoms with Gasteiger partial charge in [-0.05, 0) is 124 Å². The number of carbonyl (C=O) groups excluding carboxylic acids is 1. The minimum atomic E-state index is -0.330. The third kappa shape index (κ3) is 11.5. The van der Waals surface area contributed by atoms with Gasteiger partial charge >= 0.3 is 5.97 Å². The summed E-state index contributed by atoms with van der Waals surface area (Å²) in [7, 11) is 0. The number of anilines is 7. The monoisotopic (exact) mass is 1040 g/mol. The van der Waals surface area contributed by atoms with Crippen LogP contribution in [0.25, 0.3) is 22.3 Å². The highest BCUT2D eigenvalue weighted by atomic mass is 16.5. The van der Waals surface area contributed by atoms with E-state index >= 15 is 0 Å². The molecule has 77 heavy (non-hydrogen) atoms. The van der Waals surface area contributed by atoms with Gasteiger partial charge in [-0.1, -0.05) is 78.6 Å². The summed E-state index contributed by atoms with van der Waals surface area (Å²) in [5, 5.41) is 7.46. The molecule has 1 aliphatic carbocycles. The quantitative estimate of drug-likeness (QED) is 0.0933. The minimum Gasteiger partial charge on any atom is -0.492 e. The molecule has 7 aromatic rings. The lowest BCUT2D eigenvalue weighted by Crippen LogP contribution is -2.60. The van der Waals surface area contributed by atoms with Gasteiger partial charge in [-0.25, -0.2) is 9.97 Å². The van der Waals surface area contributed by atoms with Crippen LogP contribution in [0, 0.1) is 6.92 Å². The summed E-state index contributed by atoms with van der Waals surface area (Å²) in [6.07, 6.45) is 8.55. The molecule has 2 saturated heterocycles. The van der Waals surface area contributed by atoms with Crippen molar-refractivity contribution in [1.82, 2.24) is 43.9 Å². The maximum atomic E-state index is 12.5. The first-order valence-electron chi connectivity index (χ1n) is 27.8. The molecule has 2 N–H and O–H groups in total. The van der Waals surface area contributed by atoms with Crippen molar-refractivity contribution < 1.29 is 14.3 Å². The molecule has 10 rings (SSSR count). The van der Waals surface area contributed by atoms with Crippen molar-refractivity contribution in [1.29, 1.82) is 0 Å². The van der Waals surface area contributed by atoms with Crippen LogP contribution in [0.4, 0.5) is 40.6 Å². The van der Waals surface area contributed by atoms with E-state index in [1.54, 1.807) is 0 Å². The van der Waals surface area contributed by atoms with E-state index in [2.05, 4.69) is 182 Å². The number of nitrogens with zero attached hydrogens (tertiary/aromatic N) is 12. The number of piperazine rings is 2. The van der Waals surface area contributed by atoms with Crippen molar-refractivity contribution in [3.63, 3.8) is 0 Å². The SMILES string of the molecule is CCOC(=O)CN1CCN(c2nc(Nc3cc(C(C)(C)C)ccc3C)c3c(ncn3CCOc3ccc(N4CCN(c5nc(Nc6cccc(C(C)(C)C)c6)c6c(ncn6C6CCCC6)n5)CC4(C)C)cc3)n2)CC1(C)C. The standard InChI is InChI=1S/C60H80N14O3/c1-13-76-48(75)35-72-29-27-69(36-59(72,9)10)55-65-51-49(53(67-55)64-47-34-42(58(6,7)8)22-21-40(47)2)71(38-61-51)31-32-77-46-25-23-45(24-26-46)74-30-28-70(37-60(74,11)12)56-66-52-50(73(39-62-52)44-19-14-15-20-44)54(68-56)63-43-18-16-17-41(33-43)57(3,4)5/h16-18,21-26,33-34,38-39,44H,13-15,19-20,27-32,35-37H2,1-12H3,(H,63,66,68)(H,64,65,67). The Morgan fingerprint density at radius 2 is 1.35 bits per heavy atom. The smallest absolute Gasteiger partial charge is 0.320 e. The van der Waals surface area contributed by atoms with Gasteiger partial charge in [-0.2, -0.15) is 19.9 Å². The second kappa shape index (κ2) is 21.1. The summed E-state index contributed by atoms with van der Waals surface area (Å²) in [6.45, 7) is 32.0. The zero-order valence-electron chi connectivity index (χ0n) is 47.6. The van der Waals surface area contributed by atoms with Crippen molar-refractivity contribution in [2.24, 2.45) is 0 Å². The van der Waals surface area contributed by atoms with Gasteiger partial charge in [0.2, 0.25) is 11.9 Å². The van der Waals surface area contributed by atoms with Crippen molar-refractivity contribution >= 4 is 68.9 Å². The maximum Gasteiger partial charge on any atom is 0.320 e.